The monoisotopic (exact) mass is 242 g/mol. The van der Waals surface area contributed by atoms with Gasteiger partial charge in [0.2, 0.25) is 0 Å². The molecule has 88 valence electrons. The highest BCUT2D eigenvalue weighted by Crippen LogP contribution is 2.38. The Balaban J connectivity index is 1.89. The molecule has 1 heterocycles. The molecule has 0 aromatic carbocycles. The average Bonchev–Trinajstić information content (AvgIpc) is 2.98. The van der Waals surface area contributed by atoms with Gasteiger partial charge in [-0.25, -0.2) is 0 Å². The predicted octanol–water partition coefficient (Wildman–Crippen LogP) is 1.33. The lowest BCUT2D eigenvalue weighted by Gasteiger charge is -2.26. The fourth-order valence-electron chi connectivity index (χ4n) is 2.15. The lowest BCUT2D eigenvalue weighted by Crippen LogP contribution is -2.37. The van der Waals surface area contributed by atoms with Crippen molar-refractivity contribution in [3.8, 4) is 0 Å². The Kier molecular flexibility index (Phi) is 3.43. The summed E-state index contributed by atoms with van der Waals surface area (Å²) in [4.78, 5) is 11.6. The average molecular weight is 243 g/mol. The Morgan fingerprint density at radius 3 is 2.88 bits per heavy atom. The highest BCUT2D eigenvalue weighted by atomic mass is 35.5. The number of halogens is 1. The smallest absolute Gasteiger partial charge is 0.273 e. The van der Waals surface area contributed by atoms with Crippen LogP contribution in [0.1, 0.15) is 36.2 Å². The first kappa shape index (κ1) is 11.4. The highest BCUT2D eigenvalue weighted by molar-refractivity contribution is 6.18. The molecule has 16 heavy (non-hydrogen) atoms. The number of aromatic nitrogens is 3. The second-order valence-corrected chi connectivity index (χ2v) is 4.65. The van der Waals surface area contributed by atoms with E-state index in [2.05, 4.69) is 20.7 Å². The molecule has 1 aromatic heterocycles. The van der Waals surface area contributed by atoms with Crippen molar-refractivity contribution in [2.24, 2.45) is 5.41 Å². The van der Waals surface area contributed by atoms with Crippen LogP contribution in [0.4, 0.5) is 0 Å². The van der Waals surface area contributed by atoms with Gasteiger partial charge in [-0.05, 0) is 12.8 Å². The van der Waals surface area contributed by atoms with Crippen LogP contribution in [-0.2, 0) is 0 Å². The van der Waals surface area contributed by atoms with Crippen LogP contribution in [0.2, 0.25) is 0 Å². The summed E-state index contributed by atoms with van der Waals surface area (Å²) in [5.41, 5.74) is 0.406. The number of carbonyl (C=O) groups excluding carboxylic acids is 1. The van der Waals surface area contributed by atoms with Gasteiger partial charge in [-0.2, -0.15) is 15.4 Å². The summed E-state index contributed by atoms with van der Waals surface area (Å²) in [6, 6.07) is 0. The molecule has 2 N–H and O–H groups in total. The first-order chi connectivity index (χ1) is 7.76. The van der Waals surface area contributed by atoms with Crippen LogP contribution >= 0.6 is 11.6 Å². The fraction of sp³-hybridized carbons (Fsp3) is 0.700. The molecule has 1 aliphatic carbocycles. The van der Waals surface area contributed by atoms with Crippen molar-refractivity contribution in [3.05, 3.63) is 11.9 Å². The van der Waals surface area contributed by atoms with Crippen LogP contribution in [0.3, 0.4) is 0 Å². The zero-order valence-electron chi connectivity index (χ0n) is 9.00. The van der Waals surface area contributed by atoms with E-state index in [4.69, 9.17) is 11.6 Å². The third-order valence-electron chi connectivity index (χ3n) is 3.22. The van der Waals surface area contributed by atoms with Gasteiger partial charge in [0.25, 0.3) is 5.91 Å². The van der Waals surface area contributed by atoms with Gasteiger partial charge in [-0.3, -0.25) is 4.79 Å². The van der Waals surface area contributed by atoms with E-state index < -0.39 is 0 Å². The normalized spacial score (nSPS) is 18.6. The van der Waals surface area contributed by atoms with E-state index in [-0.39, 0.29) is 11.3 Å². The number of alkyl halides is 1. The van der Waals surface area contributed by atoms with Crippen LogP contribution in [0.25, 0.3) is 0 Å². The first-order valence-corrected chi connectivity index (χ1v) is 5.99. The van der Waals surface area contributed by atoms with Crippen molar-refractivity contribution in [1.29, 1.82) is 0 Å². The summed E-state index contributed by atoms with van der Waals surface area (Å²) < 4.78 is 0. The number of hydrogen-bond donors (Lipinski definition) is 2. The Bertz CT molecular complexity index is 346. The molecule has 0 bridgehead atoms. The molecule has 1 saturated carbocycles. The molecule has 0 saturated heterocycles. The molecule has 0 spiro atoms. The number of H-pyrrole nitrogens is 1. The Hall–Kier alpha value is -1.10. The number of aromatic amines is 1. The third-order valence-corrected chi connectivity index (χ3v) is 3.79. The maximum absolute atomic E-state index is 11.6. The molecule has 6 heteroatoms. The number of hydrogen-bond acceptors (Lipinski definition) is 3. The SMILES string of the molecule is O=C(NCC1(CCl)CCCC1)c1cn[nH]n1. The summed E-state index contributed by atoms with van der Waals surface area (Å²) >= 11 is 5.99. The van der Waals surface area contributed by atoms with Gasteiger partial charge >= 0.3 is 0 Å². The van der Waals surface area contributed by atoms with E-state index in [0.29, 0.717) is 18.1 Å². The summed E-state index contributed by atoms with van der Waals surface area (Å²) in [7, 11) is 0. The van der Waals surface area contributed by atoms with E-state index in [1.807, 2.05) is 0 Å². The van der Waals surface area contributed by atoms with Gasteiger partial charge in [0.15, 0.2) is 5.69 Å². The summed E-state index contributed by atoms with van der Waals surface area (Å²) in [5, 5.41) is 12.6. The number of rotatable bonds is 4. The third kappa shape index (κ3) is 2.35. The van der Waals surface area contributed by atoms with Crippen LogP contribution in [-0.4, -0.2) is 33.7 Å². The minimum absolute atomic E-state index is 0.0843. The molecule has 0 radical (unpaired) electrons. The minimum atomic E-state index is -0.190. The van der Waals surface area contributed by atoms with Crippen molar-refractivity contribution < 1.29 is 4.79 Å². The van der Waals surface area contributed by atoms with Crippen molar-refractivity contribution in [2.75, 3.05) is 12.4 Å². The van der Waals surface area contributed by atoms with E-state index in [0.717, 1.165) is 12.8 Å². The molecular weight excluding hydrogens is 228 g/mol. The van der Waals surface area contributed by atoms with E-state index in [9.17, 15) is 4.79 Å². The number of nitrogens with one attached hydrogen (secondary N) is 2. The van der Waals surface area contributed by atoms with Crippen molar-refractivity contribution >= 4 is 17.5 Å². The van der Waals surface area contributed by atoms with Gasteiger partial charge in [-0.1, -0.05) is 12.8 Å². The van der Waals surface area contributed by atoms with Gasteiger partial charge in [0.1, 0.15) is 0 Å². The zero-order valence-corrected chi connectivity index (χ0v) is 9.76. The lowest BCUT2D eigenvalue weighted by atomic mass is 9.88. The van der Waals surface area contributed by atoms with E-state index in [1.54, 1.807) is 0 Å². The van der Waals surface area contributed by atoms with E-state index >= 15 is 0 Å². The molecule has 0 unspecified atom stereocenters. The first-order valence-electron chi connectivity index (χ1n) is 5.46. The molecule has 1 aliphatic rings. The van der Waals surface area contributed by atoms with Gasteiger partial charge in [0.05, 0.1) is 6.20 Å². The molecule has 1 fully saturated rings. The zero-order chi connectivity index (χ0) is 11.4. The molecule has 5 nitrogen and oxygen atoms in total. The Morgan fingerprint density at radius 2 is 2.31 bits per heavy atom. The second kappa shape index (κ2) is 4.82. The topological polar surface area (TPSA) is 70.7 Å². The molecule has 2 rings (SSSR count). The van der Waals surface area contributed by atoms with Crippen molar-refractivity contribution in [3.63, 3.8) is 0 Å². The van der Waals surface area contributed by atoms with Crippen LogP contribution in [0.5, 0.6) is 0 Å². The van der Waals surface area contributed by atoms with Gasteiger partial charge in [0, 0.05) is 17.8 Å². The molecule has 0 atom stereocenters. The largest absolute Gasteiger partial charge is 0.350 e. The number of carbonyl (C=O) groups is 1. The maximum atomic E-state index is 11.6. The van der Waals surface area contributed by atoms with Crippen LogP contribution < -0.4 is 5.32 Å². The van der Waals surface area contributed by atoms with E-state index in [1.165, 1.54) is 19.0 Å². The fourth-order valence-corrected chi connectivity index (χ4v) is 2.51. The van der Waals surface area contributed by atoms with Crippen LogP contribution in [0.15, 0.2) is 6.20 Å². The summed E-state index contributed by atoms with van der Waals surface area (Å²) in [6.45, 7) is 0.627. The minimum Gasteiger partial charge on any atom is -0.350 e. The lowest BCUT2D eigenvalue weighted by molar-refractivity contribution is 0.0930. The molecule has 1 aromatic rings. The second-order valence-electron chi connectivity index (χ2n) is 4.38. The van der Waals surface area contributed by atoms with Crippen molar-refractivity contribution in [1.82, 2.24) is 20.7 Å². The predicted molar refractivity (Wildman–Crippen MR) is 60.3 cm³/mol. The Labute approximate surface area is 98.9 Å². The Morgan fingerprint density at radius 1 is 1.56 bits per heavy atom. The maximum Gasteiger partial charge on any atom is 0.273 e. The summed E-state index contributed by atoms with van der Waals surface area (Å²) in [6.07, 6.45) is 6.00. The standard InChI is InChI=1S/C10H15ClN4O/c11-6-10(3-1-2-4-10)7-12-9(16)8-5-13-15-14-8/h5H,1-4,6-7H2,(H,12,16)(H,13,14,15). The summed E-state index contributed by atoms with van der Waals surface area (Å²) in [5.74, 6) is 0.414. The highest BCUT2D eigenvalue weighted by Gasteiger charge is 2.33. The van der Waals surface area contributed by atoms with Gasteiger partial charge < -0.3 is 5.32 Å². The number of nitrogens with zero attached hydrogens (tertiary/aromatic N) is 2. The molecule has 1 amide bonds. The van der Waals surface area contributed by atoms with Gasteiger partial charge in [-0.15, -0.1) is 11.6 Å². The quantitative estimate of drug-likeness (QED) is 0.783. The molecular formula is C10H15ClN4O. The van der Waals surface area contributed by atoms with Crippen LogP contribution in [0, 0.1) is 5.41 Å². The number of amides is 1. The van der Waals surface area contributed by atoms with Crippen molar-refractivity contribution in [2.45, 2.75) is 25.7 Å². The molecule has 0 aliphatic heterocycles.